The first kappa shape index (κ1) is 18.8. The Kier molecular flexibility index (Phi) is 5.69. The zero-order valence-corrected chi connectivity index (χ0v) is 13.4. The van der Waals surface area contributed by atoms with Crippen molar-refractivity contribution in [2.75, 3.05) is 0 Å². The Morgan fingerprint density at radius 3 is 2.20 bits per heavy atom. The van der Waals surface area contributed by atoms with Crippen LogP contribution in [-0.4, -0.2) is 23.0 Å². The SMILES string of the molecule is O=C(N[C@@H](Cc1ccc(C(F)(F)F)cc1)C(=O)O)c1ccccc1Cl. The molecule has 0 spiro atoms. The van der Waals surface area contributed by atoms with Crippen LogP contribution in [0.4, 0.5) is 13.2 Å². The van der Waals surface area contributed by atoms with Crippen LogP contribution < -0.4 is 5.32 Å². The zero-order chi connectivity index (χ0) is 18.6. The van der Waals surface area contributed by atoms with Gasteiger partial charge in [0.2, 0.25) is 0 Å². The number of rotatable bonds is 5. The fraction of sp³-hybridized carbons (Fsp3) is 0.176. The van der Waals surface area contributed by atoms with Gasteiger partial charge in [-0.2, -0.15) is 13.2 Å². The minimum atomic E-state index is -4.47. The van der Waals surface area contributed by atoms with Gasteiger partial charge >= 0.3 is 12.1 Å². The number of carbonyl (C=O) groups excluding carboxylic acids is 1. The summed E-state index contributed by atoms with van der Waals surface area (Å²) in [5, 5.41) is 11.7. The maximum atomic E-state index is 12.5. The summed E-state index contributed by atoms with van der Waals surface area (Å²) in [7, 11) is 0. The van der Waals surface area contributed by atoms with Crippen LogP contribution in [0.5, 0.6) is 0 Å². The monoisotopic (exact) mass is 371 g/mol. The first-order chi connectivity index (χ1) is 11.7. The molecule has 0 radical (unpaired) electrons. The Bertz CT molecular complexity index is 775. The van der Waals surface area contributed by atoms with E-state index < -0.39 is 29.7 Å². The molecule has 0 unspecified atom stereocenters. The van der Waals surface area contributed by atoms with Gasteiger partial charge in [-0.25, -0.2) is 4.79 Å². The molecule has 0 saturated carbocycles. The number of carbonyl (C=O) groups is 2. The highest BCUT2D eigenvalue weighted by atomic mass is 35.5. The summed E-state index contributed by atoms with van der Waals surface area (Å²) < 4.78 is 37.6. The van der Waals surface area contributed by atoms with Crippen molar-refractivity contribution in [3.05, 3.63) is 70.2 Å². The highest BCUT2D eigenvalue weighted by molar-refractivity contribution is 6.33. The van der Waals surface area contributed by atoms with Gasteiger partial charge in [0.25, 0.3) is 5.91 Å². The van der Waals surface area contributed by atoms with Gasteiger partial charge in [0.15, 0.2) is 0 Å². The predicted molar refractivity (Wildman–Crippen MR) is 85.5 cm³/mol. The Morgan fingerprint density at radius 2 is 1.68 bits per heavy atom. The van der Waals surface area contributed by atoms with Crippen LogP contribution in [-0.2, 0) is 17.4 Å². The Hall–Kier alpha value is -2.54. The number of halogens is 4. The van der Waals surface area contributed by atoms with Crippen molar-refractivity contribution >= 4 is 23.5 Å². The first-order valence-corrected chi connectivity index (χ1v) is 7.50. The van der Waals surface area contributed by atoms with E-state index in [0.29, 0.717) is 5.56 Å². The quantitative estimate of drug-likeness (QED) is 0.840. The topological polar surface area (TPSA) is 66.4 Å². The molecule has 2 N–H and O–H groups in total. The van der Waals surface area contributed by atoms with E-state index in [4.69, 9.17) is 11.6 Å². The standard InChI is InChI=1S/C17H13ClF3NO3/c18-13-4-2-1-3-12(13)15(23)22-14(16(24)25)9-10-5-7-11(8-6-10)17(19,20)21/h1-8,14H,9H2,(H,22,23)(H,24,25)/t14-/m0/s1. The fourth-order valence-electron chi connectivity index (χ4n) is 2.15. The lowest BCUT2D eigenvalue weighted by atomic mass is 10.0. The molecule has 0 aliphatic carbocycles. The summed E-state index contributed by atoms with van der Waals surface area (Å²) in [6.07, 6.45) is -4.63. The maximum Gasteiger partial charge on any atom is 0.416 e. The third kappa shape index (κ3) is 4.96. The minimum Gasteiger partial charge on any atom is -0.480 e. The lowest BCUT2D eigenvalue weighted by Crippen LogP contribution is -2.42. The molecule has 0 aliphatic heterocycles. The number of alkyl halides is 3. The highest BCUT2D eigenvalue weighted by Crippen LogP contribution is 2.29. The zero-order valence-electron chi connectivity index (χ0n) is 12.7. The van der Waals surface area contributed by atoms with E-state index >= 15 is 0 Å². The number of amides is 1. The van der Waals surface area contributed by atoms with Crippen LogP contribution >= 0.6 is 11.6 Å². The van der Waals surface area contributed by atoms with Gasteiger partial charge < -0.3 is 10.4 Å². The van der Waals surface area contributed by atoms with Gasteiger partial charge in [-0.05, 0) is 29.8 Å². The van der Waals surface area contributed by atoms with E-state index in [2.05, 4.69) is 5.32 Å². The van der Waals surface area contributed by atoms with Crippen molar-refractivity contribution in [1.29, 1.82) is 0 Å². The molecule has 0 fully saturated rings. The smallest absolute Gasteiger partial charge is 0.416 e. The van der Waals surface area contributed by atoms with E-state index in [1.54, 1.807) is 12.1 Å². The van der Waals surface area contributed by atoms with Crippen LogP contribution in [0.1, 0.15) is 21.5 Å². The Labute approximate surface area is 146 Å². The highest BCUT2D eigenvalue weighted by Gasteiger charge is 2.30. The molecule has 132 valence electrons. The van der Waals surface area contributed by atoms with Gasteiger partial charge in [-0.3, -0.25) is 4.79 Å². The van der Waals surface area contributed by atoms with Gasteiger partial charge in [-0.15, -0.1) is 0 Å². The molecule has 25 heavy (non-hydrogen) atoms. The molecular formula is C17H13ClF3NO3. The molecule has 0 aliphatic rings. The van der Waals surface area contributed by atoms with E-state index in [1.165, 1.54) is 24.3 Å². The Morgan fingerprint density at radius 1 is 1.08 bits per heavy atom. The number of hydrogen-bond donors (Lipinski definition) is 2. The molecule has 1 amide bonds. The molecule has 0 heterocycles. The third-order valence-corrected chi connectivity index (χ3v) is 3.77. The van der Waals surface area contributed by atoms with Crippen LogP contribution in [0, 0.1) is 0 Å². The molecular weight excluding hydrogens is 359 g/mol. The molecule has 1 atom stereocenters. The molecule has 0 saturated heterocycles. The molecule has 0 bridgehead atoms. The van der Waals surface area contributed by atoms with Crippen molar-refractivity contribution in [2.24, 2.45) is 0 Å². The number of aliphatic carboxylic acids is 1. The number of nitrogens with one attached hydrogen (secondary N) is 1. The van der Waals surface area contributed by atoms with E-state index in [9.17, 15) is 27.9 Å². The summed E-state index contributed by atoms with van der Waals surface area (Å²) in [4.78, 5) is 23.5. The second-order valence-corrected chi connectivity index (χ2v) is 5.65. The lowest BCUT2D eigenvalue weighted by Gasteiger charge is -2.16. The summed E-state index contributed by atoms with van der Waals surface area (Å²) in [6.45, 7) is 0. The number of hydrogen-bond acceptors (Lipinski definition) is 2. The van der Waals surface area contributed by atoms with E-state index in [-0.39, 0.29) is 17.0 Å². The third-order valence-electron chi connectivity index (χ3n) is 3.44. The lowest BCUT2D eigenvalue weighted by molar-refractivity contribution is -0.139. The Balaban J connectivity index is 2.12. The van der Waals surface area contributed by atoms with Crippen LogP contribution in [0.3, 0.4) is 0 Å². The van der Waals surface area contributed by atoms with Crippen molar-refractivity contribution in [1.82, 2.24) is 5.32 Å². The second-order valence-electron chi connectivity index (χ2n) is 5.24. The molecule has 2 aromatic rings. The fourth-order valence-corrected chi connectivity index (χ4v) is 2.37. The molecule has 4 nitrogen and oxygen atoms in total. The van der Waals surface area contributed by atoms with Gasteiger partial charge in [0, 0.05) is 6.42 Å². The van der Waals surface area contributed by atoms with Crippen molar-refractivity contribution < 1.29 is 27.9 Å². The summed E-state index contributed by atoms with van der Waals surface area (Å²) >= 11 is 5.89. The molecule has 0 aromatic heterocycles. The van der Waals surface area contributed by atoms with E-state index in [0.717, 1.165) is 12.1 Å². The largest absolute Gasteiger partial charge is 0.480 e. The summed E-state index contributed by atoms with van der Waals surface area (Å²) in [6, 6.07) is 8.91. The van der Waals surface area contributed by atoms with Crippen LogP contribution in [0.2, 0.25) is 5.02 Å². The molecule has 8 heteroatoms. The van der Waals surface area contributed by atoms with Crippen molar-refractivity contribution in [3.8, 4) is 0 Å². The predicted octanol–water partition coefficient (Wildman–Crippen LogP) is 3.78. The summed E-state index contributed by atoms with van der Waals surface area (Å²) in [5.74, 6) is -1.98. The average molecular weight is 372 g/mol. The van der Waals surface area contributed by atoms with Crippen molar-refractivity contribution in [2.45, 2.75) is 18.6 Å². The van der Waals surface area contributed by atoms with Crippen LogP contribution in [0.15, 0.2) is 48.5 Å². The van der Waals surface area contributed by atoms with E-state index in [1.807, 2.05) is 0 Å². The normalized spacial score (nSPS) is 12.5. The van der Waals surface area contributed by atoms with Gasteiger partial charge in [0.1, 0.15) is 6.04 Å². The molecule has 2 rings (SSSR count). The average Bonchev–Trinajstić information content (AvgIpc) is 2.54. The second kappa shape index (κ2) is 7.57. The number of benzene rings is 2. The summed E-state index contributed by atoms with van der Waals surface area (Å²) in [5.41, 5.74) is -0.370. The number of carboxylic acids is 1. The first-order valence-electron chi connectivity index (χ1n) is 7.13. The van der Waals surface area contributed by atoms with Gasteiger partial charge in [0.05, 0.1) is 16.1 Å². The van der Waals surface area contributed by atoms with Gasteiger partial charge in [-0.1, -0.05) is 35.9 Å². The molecule has 2 aromatic carbocycles. The maximum absolute atomic E-state index is 12.5. The van der Waals surface area contributed by atoms with Crippen LogP contribution in [0.25, 0.3) is 0 Å². The van der Waals surface area contributed by atoms with Crippen molar-refractivity contribution in [3.63, 3.8) is 0 Å². The number of carboxylic acid groups (broad SMARTS) is 1. The minimum absolute atomic E-state index is 0.114.